The number of aromatic nitrogens is 5. The molecule has 2 aromatic carbocycles. The van der Waals surface area contributed by atoms with E-state index in [4.69, 9.17) is 14.3 Å². The van der Waals surface area contributed by atoms with Crippen LogP contribution in [-0.4, -0.2) is 57.4 Å². The molecule has 4 heterocycles. The van der Waals surface area contributed by atoms with E-state index in [1.54, 1.807) is 0 Å². The lowest BCUT2D eigenvalue weighted by Crippen LogP contribution is -2.52. The molecule has 12 heteroatoms. The van der Waals surface area contributed by atoms with Gasteiger partial charge >= 0.3 is 6.03 Å². The highest BCUT2D eigenvalue weighted by Crippen LogP contribution is 2.45. The Morgan fingerprint density at radius 2 is 1.56 bits per heavy atom. The second-order valence-electron chi connectivity index (χ2n) is 18.2. The zero-order valence-corrected chi connectivity index (χ0v) is 36.7. The molecule has 2 unspecified atom stereocenters. The standard InChI is InChI=1S/C45H62N8O3Si/c1-28(2)57(29(3)4,30(5)6)56-38-24-25-51(32(38)8)44-49-48-41-23-20-34(27-52(41)44)55-39-22-21-37(35-14-12-13-15-36(35)39)46-43(54)47-42-26-40(45(9,10)11)50-53(42)33-18-16-31(7)17-19-33/h12-20,23,26-30,32,37-39H,21-22,24-25H2,1-11H3,(H2,46,47,54)/t32?,37-,38?,39+/m0/s1. The first-order valence-corrected chi connectivity index (χ1v) is 23.0. The topological polar surface area (TPSA) is 111 Å². The number of rotatable bonds is 11. The van der Waals surface area contributed by atoms with Gasteiger partial charge in [-0.3, -0.25) is 9.72 Å². The van der Waals surface area contributed by atoms with E-state index in [-0.39, 0.29) is 35.7 Å². The molecule has 1 fully saturated rings. The van der Waals surface area contributed by atoms with Gasteiger partial charge in [0.1, 0.15) is 17.7 Å². The third-order valence-corrected chi connectivity index (χ3v) is 18.5. The fourth-order valence-corrected chi connectivity index (χ4v) is 15.0. The first kappa shape index (κ1) is 40.5. The number of pyridine rings is 1. The van der Waals surface area contributed by atoms with E-state index in [2.05, 4.69) is 131 Å². The van der Waals surface area contributed by atoms with Crippen molar-refractivity contribution in [3.05, 3.63) is 95.3 Å². The van der Waals surface area contributed by atoms with Crippen molar-refractivity contribution in [3.63, 3.8) is 0 Å². The lowest BCUT2D eigenvalue weighted by atomic mass is 9.85. The Hall–Kier alpha value is -4.68. The summed E-state index contributed by atoms with van der Waals surface area (Å²) in [6.07, 6.45) is 4.41. The number of carbonyl (C=O) groups is 1. The highest BCUT2D eigenvalue weighted by Gasteiger charge is 2.49. The lowest BCUT2D eigenvalue weighted by Gasteiger charge is -2.45. The Kier molecular flexibility index (Phi) is 11.3. The fraction of sp³-hybridized carbons (Fsp3) is 0.511. The molecule has 1 aliphatic carbocycles. The van der Waals surface area contributed by atoms with Gasteiger partial charge in [-0.1, -0.05) is 104 Å². The van der Waals surface area contributed by atoms with Crippen molar-refractivity contribution in [2.75, 3.05) is 16.8 Å². The largest absolute Gasteiger partial charge is 0.484 e. The van der Waals surface area contributed by atoms with E-state index in [0.717, 1.165) is 71.2 Å². The van der Waals surface area contributed by atoms with Crippen LogP contribution in [0.15, 0.2) is 72.9 Å². The zero-order valence-electron chi connectivity index (χ0n) is 35.7. The Bertz CT molecular complexity index is 2160. The van der Waals surface area contributed by atoms with Gasteiger partial charge < -0.3 is 19.4 Å². The van der Waals surface area contributed by atoms with Crippen LogP contribution in [0.4, 0.5) is 16.6 Å². The van der Waals surface area contributed by atoms with Gasteiger partial charge in [0, 0.05) is 18.0 Å². The van der Waals surface area contributed by atoms with Crippen LogP contribution >= 0.6 is 0 Å². The van der Waals surface area contributed by atoms with Crippen LogP contribution in [0.1, 0.15) is 123 Å². The quantitative estimate of drug-likeness (QED) is 0.128. The highest BCUT2D eigenvalue weighted by molar-refractivity contribution is 6.77. The number of anilines is 2. The first-order valence-electron chi connectivity index (χ1n) is 20.9. The molecule has 0 saturated carbocycles. The second kappa shape index (κ2) is 15.9. The summed E-state index contributed by atoms with van der Waals surface area (Å²) < 4.78 is 17.9. The lowest BCUT2D eigenvalue weighted by molar-refractivity contribution is 0.168. The summed E-state index contributed by atoms with van der Waals surface area (Å²) in [5.74, 6) is 2.19. The predicted octanol–water partition coefficient (Wildman–Crippen LogP) is 10.5. The van der Waals surface area contributed by atoms with Gasteiger partial charge in [0.05, 0.1) is 35.8 Å². The third-order valence-electron chi connectivity index (χ3n) is 12.4. The SMILES string of the molecule is Cc1ccc(-n2nc(C(C)(C)C)cc2NC(=O)N[C@H]2CC[C@@H](Oc3ccc4nnc(N5CCC(O[Si](C(C)C)(C(C)C)C(C)C)C5C)n4c3)c3ccccc32)cc1. The number of nitrogens with one attached hydrogen (secondary N) is 2. The minimum absolute atomic E-state index is 0.148. The number of fused-ring (bicyclic) bond motifs is 2. The van der Waals surface area contributed by atoms with Crippen LogP contribution < -0.4 is 20.3 Å². The van der Waals surface area contributed by atoms with Gasteiger partial charge in [-0.2, -0.15) is 5.10 Å². The zero-order chi connectivity index (χ0) is 40.8. The minimum Gasteiger partial charge on any atom is -0.484 e. The van der Waals surface area contributed by atoms with Crippen molar-refractivity contribution in [2.45, 2.75) is 142 Å². The van der Waals surface area contributed by atoms with E-state index in [0.29, 0.717) is 22.4 Å². The summed E-state index contributed by atoms with van der Waals surface area (Å²) in [5.41, 5.74) is 7.26. The Morgan fingerprint density at radius 3 is 2.23 bits per heavy atom. The van der Waals surface area contributed by atoms with E-state index < -0.39 is 8.32 Å². The highest BCUT2D eigenvalue weighted by atomic mass is 28.4. The smallest absolute Gasteiger partial charge is 0.320 e. The van der Waals surface area contributed by atoms with Gasteiger partial charge in [0.2, 0.25) is 14.3 Å². The van der Waals surface area contributed by atoms with Crippen molar-refractivity contribution in [2.24, 2.45) is 0 Å². The predicted molar refractivity (Wildman–Crippen MR) is 231 cm³/mol. The van der Waals surface area contributed by atoms with Crippen LogP contribution in [0.5, 0.6) is 5.75 Å². The number of hydrogen-bond acceptors (Lipinski definition) is 7. The van der Waals surface area contributed by atoms with Crippen LogP contribution in [0.2, 0.25) is 16.6 Å². The number of ether oxygens (including phenoxy) is 1. The normalized spacial score (nSPS) is 20.1. The molecule has 5 aromatic rings. The maximum atomic E-state index is 13.7. The Balaban J connectivity index is 1.06. The van der Waals surface area contributed by atoms with E-state index in [1.165, 1.54) is 0 Å². The molecule has 2 amide bonds. The molecule has 4 atom stereocenters. The fourth-order valence-electron chi connectivity index (χ4n) is 9.36. The number of aryl methyl sites for hydroxylation is 1. The number of nitrogens with zero attached hydrogens (tertiary/aromatic N) is 6. The monoisotopic (exact) mass is 790 g/mol. The summed E-state index contributed by atoms with van der Waals surface area (Å²) in [4.78, 5) is 16.0. The summed E-state index contributed by atoms with van der Waals surface area (Å²) in [6.45, 7) is 25.7. The second-order valence-corrected chi connectivity index (χ2v) is 23.6. The first-order chi connectivity index (χ1) is 27.1. The molecule has 304 valence electrons. The number of benzene rings is 2. The Labute approximate surface area is 339 Å². The molecular formula is C45H62N8O3Si. The van der Waals surface area contributed by atoms with Gasteiger partial charge in [-0.15, -0.1) is 10.2 Å². The van der Waals surface area contributed by atoms with Crippen LogP contribution in [0.25, 0.3) is 11.3 Å². The molecule has 7 rings (SSSR count). The number of amides is 2. The van der Waals surface area contributed by atoms with Crippen LogP contribution in [0, 0.1) is 6.92 Å². The molecule has 2 aliphatic rings. The molecule has 57 heavy (non-hydrogen) atoms. The molecule has 2 N–H and O–H groups in total. The van der Waals surface area contributed by atoms with Gasteiger partial charge in [0.25, 0.3) is 0 Å². The molecule has 1 saturated heterocycles. The van der Waals surface area contributed by atoms with Crippen molar-refractivity contribution >= 4 is 31.8 Å². The maximum Gasteiger partial charge on any atom is 0.320 e. The van der Waals surface area contributed by atoms with E-state index in [9.17, 15) is 4.79 Å². The number of carbonyl (C=O) groups excluding carboxylic acids is 1. The summed E-state index contributed by atoms with van der Waals surface area (Å²) in [5, 5.41) is 20.5. The van der Waals surface area contributed by atoms with Crippen LogP contribution in [0.3, 0.4) is 0 Å². The van der Waals surface area contributed by atoms with Crippen molar-refractivity contribution in [3.8, 4) is 11.4 Å². The molecule has 0 spiro atoms. The number of hydrogen-bond donors (Lipinski definition) is 2. The molecule has 1 aliphatic heterocycles. The van der Waals surface area contributed by atoms with Gasteiger partial charge in [0.15, 0.2) is 5.65 Å². The van der Waals surface area contributed by atoms with Gasteiger partial charge in [-0.25, -0.2) is 9.48 Å². The molecule has 11 nitrogen and oxygen atoms in total. The number of urea groups is 1. The van der Waals surface area contributed by atoms with Gasteiger partial charge in [-0.05, 0) is 85.1 Å². The minimum atomic E-state index is -2.04. The third kappa shape index (κ3) is 7.95. The van der Waals surface area contributed by atoms with Crippen molar-refractivity contribution < 1.29 is 14.0 Å². The van der Waals surface area contributed by atoms with Crippen molar-refractivity contribution in [1.82, 2.24) is 29.7 Å². The van der Waals surface area contributed by atoms with E-state index in [1.807, 2.05) is 53.3 Å². The van der Waals surface area contributed by atoms with Crippen LogP contribution in [-0.2, 0) is 9.84 Å². The van der Waals surface area contributed by atoms with Crippen molar-refractivity contribution in [1.29, 1.82) is 0 Å². The molecule has 0 radical (unpaired) electrons. The summed E-state index contributed by atoms with van der Waals surface area (Å²) in [6, 6.07) is 22.0. The molecular weight excluding hydrogens is 729 g/mol. The Morgan fingerprint density at radius 1 is 0.877 bits per heavy atom. The average Bonchev–Trinajstić information content (AvgIpc) is 3.88. The maximum absolute atomic E-state index is 13.7. The average molecular weight is 791 g/mol. The van der Waals surface area contributed by atoms with E-state index >= 15 is 0 Å². The summed E-state index contributed by atoms with van der Waals surface area (Å²) >= 11 is 0. The molecule has 3 aromatic heterocycles. The molecule has 0 bridgehead atoms. The summed E-state index contributed by atoms with van der Waals surface area (Å²) in [7, 11) is -2.04.